The average molecular weight is 435 g/mol. The summed E-state index contributed by atoms with van der Waals surface area (Å²) < 4.78 is 22.7. The molecule has 0 radical (unpaired) electrons. The van der Waals surface area contributed by atoms with Gasteiger partial charge in [0.15, 0.2) is 11.5 Å². The van der Waals surface area contributed by atoms with Crippen molar-refractivity contribution in [2.24, 2.45) is 0 Å². The van der Waals surface area contributed by atoms with Gasteiger partial charge in [-0.1, -0.05) is 18.2 Å². The molecule has 0 fully saturated rings. The Labute approximate surface area is 186 Å². The van der Waals surface area contributed by atoms with E-state index in [1.54, 1.807) is 33.5 Å². The number of carbonyl (C=O) groups is 1. The molecule has 32 heavy (non-hydrogen) atoms. The SMILES string of the molecule is COc1ccc2c(c1)Oc1cc(OC)c(OC)cc1CN(Cc1ccc(C(=O)O)cc1)C2. The summed E-state index contributed by atoms with van der Waals surface area (Å²) in [7, 11) is 4.83. The molecule has 1 heterocycles. The number of aromatic carboxylic acids is 1. The first-order chi connectivity index (χ1) is 15.5. The fraction of sp³-hybridized carbons (Fsp3) is 0.240. The van der Waals surface area contributed by atoms with E-state index in [1.807, 2.05) is 42.5 Å². The van der Waals surface area contributed by atoms with Crippen molar-refractivity contribution >= 4 is 5.97 Å². The lowest BCUT2D eigenvalue weighted by molar-refractivity contribution is 0.0697. The number of benzene rings is 3. The first kappa shape index (κ1) is 21.5. The summed E-state index contributed by atoms with van der Waals surface area (Å²) in [5, 5.41) is 9.16. The zero-order valence-corrected chi connectivity index (χ0v) is 18.3. The van der Waals surface area contributed by atoms with Crippen LogP contribution < -0.4 is 18.9 Å². The molecule has 4 rings (SSSR count). The quantitative estimate of drug-likeness (QED) is 0.600. The molecular weight excluding hydrogens is 410 g/mol. The summed E-state index contributed by atoms with van der Waals surface area (Å²) >= 11 is 0. The van der Waals surface area contributed by atoms with Crippen LogP contribution in [0.25, 0.3) is 0 Å². The van der Waals surface area contributed by atoms with Crippen molar-refractivity contribution in [1.82, 2.24) is 4.90 Å². The molecule has 0 aromatic heterocycles. The van der Waals surface area contributed by atoms with E-state index >= 15 is 0 Å². The van der Waals surface area contributed by atoms with E-state index in [-0.39, 0.29) is 5.56 Å². The van der Waals surface area contributed by atoms with Gasteiger partial charge in [-0.15, -0.1) is 0 Å². The smallest absolute Gasteiger partial charge is 0.335 e. The minimum atomic E-state index is -0.933. The molecule has 0 spiro atoms. The van der Waals surface area contributed by atoms with Crippen LogP contribution in [0.1, 0.15) is 27.0 Å². The number of carboxylic acids is 1. The van der Waals surface area contributed by atoms with E-state index < -0.39 is 5.97 Å². The van der Waals surface area contributed by atoms with Crippen LogP contribution >= 0.6 is 0 Å². The zero-order chi connectivity index (χ0) is 22.7. The van der Waals surface area contributed by atoms with Gasteiger partial charge in [0.2, 0.25) is 0 Å². The highest BCUT2D eigenvalue weighted by molar-refractivity contribution is 5.87. The number of ether oxygens (including phenoxy) is 4. The Bertz CT molecular complexity index is 1130. The monoisotopic (exact) mass is 435 g/mol. The van der Waals surface area contributed by atoms with Crippen LogP contribution in [0.2, 0.25) is 0 Å². The summed E-state index contributed by atoms with van der Waals surface area (Å²) in [5.41, 5.74) is 3.27. The predicted molar refractivity (Wildman–Crippen MR) is 119 cm³/mol. The average Bonchev–Trinajstić information content (AvgIpc) is 2.79. The van der Waals surface area contributed by atoms with Crippen molar-refractivity contribution in [2.45, 2.75) is 19.6 Å². The van der Waals surface area contributed by atoms with Crippen molar-refractivity contribution < 1.29 is 28.8 Å². The summed E-state index contributed by atoms with van der Waals surface area (Å²) in [5.74, 6) is 2.39. The van der Waals surface area contributed by atoms with E-state index in [9.17, 15) is 4.79 Å². The van der Waals surface area contributed by atoms with Gasteiger partial charge < -0.3 is 24.1 Å². The van der Waals surface area contributed by atoms with E-state index in [2.05, 4.69) is 4.90 Å². The Balaban J connectivity index is 1.73. The van der Waals surface area contributed by atoms with Gasteiger partial charge in [0, 0.05) is 42.9 Å². The first-order valence-electron chi connectivity index (χ1n) is 10.1. The molecule has 1 aliphatic heterocycles. The van der Waals surface area contributed by atoms with Gasteiger partial charge in [0.1, 0.15) is 17.2 Å². The topological polar surface area (TPSA) is 77.5 Å². The molecule has 0 amide bonds. The van der Waals surface area contributed by atoms with E-state index in [0.717, 1.165) is 16.7 Å². The van der Waals surface area contributed by atoms with Gasteiger partial charge in [0.05, 0.1) is 26.9 Å². The van der Waals surface area contributed by atoms with Crippen LogP contribution in [0.15, 0.2) is 54.6 Å². The van der Waals surface area contributed by atoms with Crippen LogP contribution in [-0.4, -0.2) is 37.3 Å². The molecule has 0 saturated carbocycles. The lowest BCUT2D eigenvalue weighted by atomic mass is 10.1. The Morgan fingerprint density at radius 1 is 0.875 bits per heavy atom. The standard InChI is InChI=1S/C25H25NO6/c1-29-20-9-8-18-14-26(13-16-4-6-17(7-5-16)25(27)28)15-19-10-23(30-2)24(31-3)12-22(19)32-21(18)11-20/h4-12H,13-15H2,1-3H3,(H,27,28). The molecule has 0 unspecified atom stereocenters. The summed E-state index contributed by atoms with van der Waals surface area (Å²) in [6.07, 6.45) is 0. The molecular formula is C25H25NO6. The van der Waals surface area contributed by atoms with Crippen molar-refractivity contribution in [2.75, 3.05) is 21.3 Å². The molecule has 1 aliphatic rings. The highest BCUT2D eigenvalue weighted by atomic mass is 16.5. The van der Waals surface area contributed by atoms with Gasteiger partial charge in [-0.25, -0.2) is 4.79 Å². The van der Waals surface area contributed by atoms with Crippen molar-refractivity contribution in [3.63, 3.8) is 0 Å². The molecule has 1 N–H and O–H groups in total. The molecule has 7 heteroatoms. The number of hydrogen-bond donors (Lipinski definition) is 1. The third kappa shape index (κ3) is 4.48. The highest BCUT2D eigenvalue weighted by Gasteiger charge is 2.22. The Kier molecular flexibility index (Phi) is 6.18. The third-order valence-electron chi connectivity index (χ3n) is 5.46. The fourth-order valence-corrected chi connectivity index (χ4v) is 3.79. The van der Waals surface area contributed by atoms with Crippen molar-refractivity contribution in [3.05, 3.63) is 76.9 Å². The number of nitrogens with zero attached hydrogens (tertiary/aromatic N) is 1. The second kappa shape index (κ2) is 9.20. The lowest BCUT2D eigenvalue weighted by Gasteiger charge is -2.28. The van der Waals surface area contributed by atoms with E-state index in [0.29, 0.717) is 48.4 Å². The van der Waals surface area contributed by atoms with Crippen LogP contribution in [0.3, 0.4) is 0 Å². The van der Waals surface area contributed by atoms with Crippen LogP contribution in [0, 0.1) is 0 Å². The molecule has 7 nitrogen and oxygen atoms in total. The molecule has 0 atom stereocenters. The Hall–Kier alpha value is -3.71. The lowest BCUT2D eigenvalue weighted by Crippen LogP contribution is -2.24. The number of carboxylic acid groups (broad SMARTS) is 1. The predicted octanol–water partition coefficient (Wildman–Crippen LogP) is 4.72. The maximum atomic E-state index is 11.2. The molecule has 3 aromatic rings. The molecule has 166 valence electrons. The maximum absolute atomic E-state index is 11.2. The van der Waals surface area contributed by atoms with Crippen LogP contribution in [0.4, 0.5) is 0 Å². The summed E-state index contributed by atoms with van der Waals surface area (Å²) in [4.78, 5) is 13.4. The van der Waals surface area contributed by atoms with Crippen molar-refractivity contribution in [1.29, 1.82) is 0 Å². The molecule has 3 aromatic carbocycles. The first-order valence-corrected chi connectivity index (χ1v) is 10.1. The van der Waals surface area contributed by atoms with Gasteiger partial charge >= 0.3 is 5.97 Å². The molecule has 0 bridgehead atoms. The van der Waals surface area contributed by atoms with Gasteiger partial charge in [0.25, 0.3) is 0 Å². The third-order valence-corrected chi connectivity index (χ3v) is 5.46. The number of rotatable bonds is 6. The largest absolute Gasteiger partial charge is 0.497 e. The highest BCUT2D eigenvalue weighted by Crippen LogP contribution is 2.41. The van der Waals surface area contributed by atoms with Gasteiger partial charge in [-0.2, -0.15) is 0 Å². The Morgan fingerprint density at radius 3 is 2.19 bits per heavy atom. The van der Waals surface area contributed by atoms with E-state index in [4.69, 9.17) is 24.1 Å². The van der Waals surface area contributed by atoms with E-state index in [1.165, 1.54) is 0 Å². The van der Waals surface area contributed by atoms with Gasteiger partial charge in [-0.3, -0.25) is 4.90 Å². The number of fused-ring (bicyclic) bond motifs is 2. The maximum Gasteiger partial charge on any atom is 0.335 e. The fourth-order valence-electron chi connectivity index (χ4n) is 3.79. The minimum Gasteiger partial charge on any atom is -0.497 e. The second-order valence-corrected chi connectivity index (χ2v) is 7.54. The minimum absolute atomic E-state index is 0.273. The summed E-state index contributed by atoms with van der Waals surface area (Å²) in [6.45, 7) is 1.90. The zero-order valence-electron chi connectivity index (χ0n) is 18.3. The van der Waals surface area contributed by atoms with Crippen molar-refractivity contribution in [3.8, 4) is 28.7 Å². The molecule has 0 saturated heterocycles. The second-order valence-electron chi connectivity index (χ2n) is 7.54. The van der Waals surface area contributed by atoms with Gasteiger partial charge in [-0.05, 0) is 29.8 Å². The Morgan fingerprint density at radius 2 is 1.53 bits per heavy atom. The van der Waals surface area contributed by atoms with Crippen LogP contribution in [0.5, 0.6) is 28.7 Å². The van der Waals surface area contributed by atoms with Crippen LogP contribution in [-0.2, 0) is 19.6 Å². The molecule has 0 aliphatic carbocycles. The number of hydrogen-bond acceptors (Lipinski definition) is 6. The normalized spacial score (nSPS) is 13.1. The summed E-state index contributed by atoms with van der Waals surface area (Å²) in [6, 6.07) is 16.5. The number of methoxy groups -OCH3 is 3.